The second kappa shape index (κ2) is 3.91. The minimum Gasteiger partial charge on any atom is -0.355 e. The van der Waals surface area contributed by atoms with E-state index in [2.05, 4.69) is 20.2 Å². The van der Waals surface area contributed by atoms with Crippen LogP contribution in [0.25, 0.3) is 11.0 Å². The van der Waals surface area contributed by atoms with Crippen LogP contribution < -0.4 is 4.90 Å². The predicted molar refractivity (Wildman–Crippen MR) is 67.1 cm³/mol. The van der Waals surface area contributed by atoms with E-state index in [0.717, 1.165) is 11.2 Å². The van der Waals surface area contributed by atoms with Crippen molar-refractivity contribution >= 4 is 26.7 Å². The van der Waals surface area contributed by atoms with E-state index < -0.39 is 9.84 Å². The average Bonchev–Trinajstić information content (AvgIpc) is 2.93. The molecule has 0 bridgehead atoms. The Balaban J connectivity index is 1.97. The topological polar surface area (TPSA) is 91.8 Å². The quantitative estimate of drug-likeness (QED) is 0.822. The van der Waals surface area contributed by atoms with Crippen molar-refractivity contribution in [2.75, 3.05) is 23.5 Å². The molecule has 96 valence electrons. The van der Waals surface area contributed by atoms with Crippen LogP contribution in [-0.4, -0.2) is 53.2 Å². The zero-order valence-corrected chi connectivity index (χ0v) is 10.7. The first-order chi connectivity index (χ1) is 8.57. The third-order valence-corrected chi connectivity index (χ3v) is 5.07. The number of fused-ring (bicyclic) bond motifs is 1. The Morgan fingerprint density at radius 1 is 1.44 bits per heavy atom. The van der Waals surface area contributed by atoms with E-state index in [9.17, 15) is 8.42 Å². The summed E-state index contributed by atoms with van der Waals surface area (Å²) in [6, 6.07) is -0.0250. The fourth-order valence-corrected chi connectivity index (χ4v) is 4.06. The highest BCUT2D eigenvalue weighted by molar-refractivity contribution is 7.91. The van der Waals surface area contributed by atoms with E-state index in [0.29, 0.717) is 12.1 Å². The summed E-state index contributed by atoms with van der Waals surface area (Å²) in [6.07, 6.45) is 3.75. The number of anilines is 1. The van der Waals surface area contributed by atoms with Crippen LogP contribution in [0.3, 0.4) is 0 Å². The molecule has 2 aromatic rings. The number of nitrogens with one attached hydrogen (secondary N) is 1. The molecule has 18 heavy (non-hydrogen) atoms. The van der Waals surface area contributed by atoms with E-state index in [1.807, 2.05) is 11.9 Å². The van der Waals surface area contributed by atoms with Crippen LogP contribution in [0.4, 0.5) is 5.82 Å². The maximum absolute atomic E-state index is 11.5. The lowest BCUT2D eigenvalue weighted by Gasteiger charge is -2.24. The van der Waals surface area contributed by atoms with Crippen molar-refractivity contribution in [3.8, 4) is 0 Å². The fraction of sp³-hybridized carbons (Fsp3) is 0.500. The Hall–Kier alpha value is -1.70. The summed E-state index contributed by atoms with van der Waals surface area (Å²) >= 11 is 0. The Labute approximate surface area is 104 Å². The number of H-pyrrole nitrogens is 1. The Bertz CT molecular complexity index is 680. The third-order valence-electron chi connectivity index (χ3n) is 3.32. The van der Waals surface area contributed by atoms with Gasteiger partial charge in [-0.1, -0.05) is 0 Å². The highest BCUT2D eigenvalue weighted by atomic mass is 32.2. The minimum atomic E-state index is -2.90. The maximum atomic E-state index is 11.5. The number of hydrogen-bond donors (Lipinski definition) is 1. The molecule has 7 nitrogen and oxygen atoms in total. The number of sulfone groups is 1. The van der Waals surface area contributed by atoms with Gasteiger partial charge in [0, 0.05) is 13.1 Å². The van der Waals surface area contributed by atoms with E-state index >= 15 is 0 Å². The van der Waals surface area contributed by atoms with Crippen molar-refractivity contribution in [3.63, 3.8) is 0 Å². The van der Waals surface area contributed by atoms with Crippen LogP contribution in [-0.2, 0) is 9.84 Å². The first-order valence-electron chi connectivity index (χ1n) is 5.64. The maximum Gasteiger partial charge on any atom is 0.160 e. The van der Waals surface area contributed by atoms with Crippen molar-refractivity contribution in [2.24, 2.45) is 0 Å². The number of rotatable bonds is 2. The summed E-state index contributed by atoms with van der Waals surface area (Å²) in [7, 11) is -1.04. The minimum absolute atomic E-state index is 0.0250. The van der Waals surface area contributed by atoms with Crippen LogP contribution >= 0.6 is 0 Å². The van der Waals surface area contributed by atoms with Crippen LogP contribution in [0.15, 0.2) is 12.5 Å². The second-order valence-electron chi connectivity index (χ2n) is 4.50. The largest absolute Gasteiger partial charge is 0.355 e. The molecule has 0 aromatic carbocycles. The molecular formula is C10H13N5O2S. The first-order valence-corrected chi connectivity index (χ1v) is 7.46. The third kappa shape index (κ3) is 1.82. The molecule has 0 aliphatic carbocycles. The van der Waals surface area contributed by atoms with Gasteiger partial charge >= 0.3 is 0 Å². The summed E-state index contributed by atoms with van der Waals surface area (Å²) in [5, 5.41) is 7.51. The van der Waals surface area contributed by atoms with Gasteiger partial charge in [-0.2, -0.15) is 5.10 Å². The molecule has 0 unspecified atom stereocenters. The van der Waals surface area contributed by atoms with Gasteiger partial charge in [-0.3, -0.25) is 5.10 Å². The summed E-state index contributed by atoms with van der Waals surface area (Å²) < 4.78 is 23.0. The van der Waals surface area contributed by atoms with Gasteiger partial charge in [0.25, 0.3) is 0 Å². The normalized spacial score (nSPS) is 22.4. The second-order valence-corrected chi connectivity index (χ2v) is 6.73. The van der Waals surface area contributed by atoms with Crippen molar-refractivity contribution in [1.29, 1.82) is 0 Å². The highest BCUT2D eigenvalue weighted by Gasteiger charge is 2.31. The monoisotopic (exact) mass is 267 g/mol. The molecule has 1 N–H and O–H groups in total. The summed E-state index contributed by atoms with van der Waals surface area (Å²) in [6.45, 7) is 0. The molecule has 8 heteroatoms. The molecule has 3 rings (SSSR count). The van der Waals surface area contributed by atoms with E-state index in [-0.39, 0.29) is 17.5 Å². The zero-order valence-electron chi connectivity index (χ0n) is 9.87. The van der Waals surface area contributed by atoms with Gasteiger partial charge in [0.1, 0.15) is 12.1 Å². The Kier molecular flexibility index (Phi) is 2.47. The summed E-state index contributed by atoms with van der Waals surface area (Å²) in [5.41, 5.74) is 0.660. The molecule has 2 aromatic heterocycles. The lowest BCUT2D eigenvalue weighted by molar-refractivity contribution is 0.600. The SMILES string of the molecule is CN(c1ncnc2[nH]ncc12)[C@H]1CCS(=O)(=O)C1. The van der Waals surface area contributed by atoms with Crippen molar-refractivity contribution in [3.05, 3.63) is 12.5 Å². The standard InChI is InChI=1S/C10H13N5O2S/c1-15(7-2-3-18(16,17)5-7)10-8-4-13-14-9(8)11-6-12-10/h4,6-7H,2-3,5H2,1H3,(H,11,12,13,14)/t7-/m0/s1. The van der Waals surface area contributed by atoms with Crippen LogP contribution in [0.2, 0.25) is 0 Å². The number of nitrogens with zero attached hydrogens (tertiary/aromatic N) is 4. The lowest BCUT2D eigenvalue weighted by Crippen LogP contribution is -2.33. The summed E-state index contributed by atoms with van der Waals surface area (Å²) in [5.74, 6) is 1.16. The van der Waals surface area contributed by atoms with E-state index in [4.69, 9.17) is 0 Å². The molecule has 1 saturated heterocycles. The Morgan fingerprint density at radius 3 is 3.00 bits per heavy atom. The van der Waals surface area contributed by atoms with Gasteiger partial charge in [-0.25, -0.2) is 18.4 Å². The first kappa shape index (κ1) is 11.4. The average molecular weight is 267 g/mol. The van der Waals surface area contributed by atoms with Gasteiger partial charge in [0.15, 0.2) is 15.5 Å². The van der Waals surface area contributed by atoms with Gasteiger partial charge in [-0.15, -0.1) is 0 Å². The summed E-state index contributed by atoms with van der Waals surface area (Å²) in [4.78, 5) is 10.2. The fourth-order valence-electron chi connectivity index (χ4n) is 2.29. The molecule has 0 radical (unpaired) electrons. The Morgan fingerprint density at radius 2 is 2.28 bits per heavy atom. The highest BCUT2D eigenvalue weighted by Crippen LogP contribution is 2.25. The van der Waals surface area contributed by atoms with E-state index in [1.165, 1.54) is 6.33 Å². The van der Waals surface area contributed by atoms with Gasteiger partial charge in [0.2, 0.25) is 0 Å². The van der Waals surface area contributed by atoms with Gasteiger partial charge in [-0.05, 0) is 6.42 Å². The molecule has 1 aliphatic rings. The van der Waals surface area contributed by atoms with Gasteiger partial charge < -0.3 is 4.90 Å². The molecule has 0 spiro atoms. The lowest BCUT2D eigenvalue weighted by atomic mass is 10.2. The van der Waals surface area contributed by atoms with Crippen molar-refractivity contribution in [1.82, 2.24) is 20.2 Å². The number of aromatic nitrogens is 4. The molecule has 1 aliphatic heterocycles. The number of aromatic amines is 1. The van der Waals surface area contributed by atoms with Crippen LogP contribution in [0, 0.1) is 0 Å². The molecule has 0 amide bonds. The van der Waals surface area contributed by atoms with Crippen molar-refractivity contribution in [2.45, 2.75) is 12.5 Å². The van der Waals surface area contributed by atoms with Gasteiger partial charge in [0.05, 0.1) is 23.1 Å². The molecule has 0 saturated carbocycles. The molecule has 3 heterocycles. The van der Waals surface area contributed by atoms with Crippen LogP contribution in [0.5, 0.6) is 0 Å². The molecule has 1 atom stereocenters. The predicted octanol–water partition coefficient (Wildman–Crippen LogP) is -0.0238. The zero-order chi connectivity index (χ0) is 12.8. The molecular weight excluding hydrogens is 254 g/mol. The smallest absolute Gasteiger partial charge is 0.160 e. The van der Waals surface area contributed by atoms with E-state index in [1.54, 1.807) is 6.20 Å². The van der Waals surface area contributed by atoms with Crippen molar-refractivity contribution < 1.29 is 8.42 Å². The van der Waals surface area contributed by atoms with Crippen LogP contribution in [0.1, 0.15) is 6.42 Å². The molecule has 1 fully saturated rings. The number of hydrogen-bond acceptors (Lipinski definition) is 6.